The second-order valence-corrected chi connectivity index (χ2v) is 10.6. The number of benzene rings is 2. The molecule has 9 heteroatoms. The van der Waals surface area contributed by atoms with Crippen LogP contribution >= 0.6 is 0 Å². The van der Waals surface area contributed by atoms with Gasteiger partial charge in [0, 0.05) is 41.3 Å². The fourth-order valence-electron chi connectivity index (χ4n) is 3.93. The van der Waals surface area contributed by atoms with Crippen LogP contribution in [-0.2, 0) is 15.6 Å². The molecule has 0 fully saturated rings. The van der Waals surface area contributed by atoms with Gasteiger partial charge in [0.15, 0.2) is 9.84 Å². The fourth-order valence-corrected chi connectivity index (χ4v) is 4.84. The zero-order valence-corrected chi connectivity index (χ0v) is 19.8. The van der Waals surface area contributed by atoms with Crippen LogP contribution in [0.5, 0.6) is 5.88 Å². The Bertz CT molecular complexity index is 1470. The van der Waals surface area contributed by atoms with Crippen LogP contribution in [-0.4, -0.2) is 42.3 Å². The van der Waals surface area contributed by atoms with Crippen molar-refractivity contribution in [1.82, 2.24) is 15.0 Å². The van der Waals surface area contributed by atoms with E-state index < -0.39 is 9.84 Å². The lowest BCUT2D eigenvalue weighted by atomic mass is 10.00. The maximum Gasteiger partial charge on any atom is 0.237 e. The van der Waals surface area contributed by atoms with Crippen LogP contribution in [0, 0.1) is 6.92 Å². The van der Waals surface area contributed by atoms with E-state index in [1.54, 1.807) is 25.3 Å². The third kappa shape index (κ3) is 4.51. The summed E-state index contributed by atoms with van der Waals surface area (Å²) in [6.45, 7) is 5.09. The van der Waals surface area contributed by atoms with Gasteiger partial charge in [0.25, 0.3) is 0 Å². The minimum Gasteiger partial charge on any atom is -0.474 e. The summed E-state index contributed by atoms with van der Waals surface area (Å²) in [6, 6.07) is 13.4. The van der Waals surface area contributed by atoms with Gasteiger partial charge >= 0.3 is 0 Å². The first kappa shape index (κ1) is 22.1. The van der Waals surface area contributed by atoms with Crippen LogP contribution in [0.2, 0.25) is 0 Å². The average molecular weight is 476 g/mol. The van der Waals surface area contributed by atoms with Gasteiger partial charge in [-0.25, -0.2) is 23.4 Å². The van der Waals surface area contributed by atoms with Crippen LogP contribution in [0.3, 0.4) is 0 Å². The van der Waals surface area contributed by atoms with Crippen molar-refractivity contribution in [1.29, 1.82) is 0 Å². The normalized spacial score (nSPS) is 13.1. The summed E-state index contributed by atoms with van der Waals surface area (Å²) >= 11 is 0. The van der Waals surface area contributed by atoms with Gasteiger partial charge in [0.05, 0.1) is 11.3 Å². The van der Waals surface area contributed by atoms with Crippen LogP contribution < -0.4 is 15.4 Å². The first-order chi connectivity index (χ1) is 16.4. The highest BCUT2D eigenvalue weighted by atomic mass is 32.2. The molecule has 0 bridgehead atoms. The van der Waals surface area contributed by atoms with Crippen molar-refractivity contribution in [2.45, 2.75) is 19.6 Å². The van der Waals surface area contributed by atoms with Crippen molar-refractivity contribution in [3.63, 3.8) is 0 Å². The smallest absolute Gasteiger partial charge is 0.237 e. The lowest BCUT2D eigenvalue weighted by Gasteiger charge is -2.21. The molecule has 2 aromatic carbocycles. The number of pyridine rings is 1. The van der Waals surface area contributed by atoms with Gasteiger partial charge in [-0.2, -0.15) is 0 Å². The highest BCUT2D eigenvalue weighted by Crippen LogP contribution is 2.36. The van der Waals surface area contributed by atoms with E-state index in [2.05, 4.69) is 27.5 Å². The fraction of sp³-hybridized carbons (Fsp3) is 0.240. The van der Waals surface area contributed by atoms with Crippen molar-refractivity contribution in [2.24, 2.45) is 0 Å². The van der Waals surface area contributed by atoms with Crippen LogP contribution in [0.25, 0.3) is 22.0 Å². The van der Waals surface area contributed by atoms with Gasteiger partial charge in [-0.05, 0) is 41.8 Å². The van der Waals surface area contributed by atoms with E-state index >= 15 is 0 Å². The minimum atomic E-state index is -3.06. The Morgan fingerprint density at radius 2 is 1.91 bits per heavy atom. The number of anilines is 3. The summed E-state index contributed by atoms with van der Waals surface area (Å²) in [5.41, 5.74) is 6.40. The first-order valence-electron chi connectivity index (χ1n) is 11.1. The van der Waals surface area contributed by atoms with Crippen molar-refractivity contribution >= 4 is 38.1 Å². The third-order valence-corrected chi connectivity index (χ3v) is 7.53. The predicted octanol–water partition coefficient (Wildman–Crippen LogP) is 4.48. The summed E-state index contributed by atoms with van der Waals surface area (Å²) in [4.78, 5) is 13.6. The molecule has 8 nitrogen and oxygen atoms in total. The van der Waals surface area contributed by atoms with Crippen molar-refractivity contribution in [3.05, 3.63) is 66.0 Å². The maximum atomic E-state index is 11.8. The topological polar surface area (TPSA) is 106 Å². The number of hydrogen-bond acceptors (Lipinski definition) is 8. The highest BCUT2D eigenvalue weighted by Gasteiger charge is 2.17. The Morgan fingerprint density at radius 1 is 1.09 bits per heavy atom. The Hall–Kier alpha value is -3.72. The van der Waals surface area contributed by atoms with E-state index in [1.165, 1.54) is 0 Å². The van der Waals surface area contributed by atoms with E-state index in [0.717, 1.165) is 51.1 Å². The molecule has 2 aromatic heterocycles. The van der Waals surface area contributed by atoms with Crippen molar-refractivity contribution in [3.8, 4) is 17.0 Å². The number of hydrogen-bond donors (Lipinski definition) is 2. The second kappa shape index (κ2) is 8.90. The Balaban J connectivity index is 1.41. The summed E-state index contributed by atoms with van der Waals surface area (Å²) in [6.07, 6.45) is 3.62. The lowest BCUT2D eigenvalue weighted by molar-refractivity contribution is 0.310. The highest BCUT2D eigenvalue weighted by molar-refractivity contribution is 7.90. The molecule has 0 saturated heterocycles. The van der Waals surface area contributed by atoms with E-state index in [0.29, 0.717) is 18.4 Å². The van der Waals surface area contributed by atoms with Crippen LogP contribution in [0.15, 0.2) is 54.9 Å². The predicted molar refractivity (Wildman–Crippen MR) is 134 cm³/mol. The number of nitrogens with one attached hydrogen (secondary N) is 2. The Kier molecular flexibility index (Phi) is 5.79. The molecule has 0 saturated carbocycles. The standard InChI is InChI=1S/C25H25N5O3S/c1-3-34(31,32)15-17-4-8-20(9-5-17)29-25-28-13-19-7-6-18(12-22(19)30-25)21-14-27-24-23(16(21)2)26-10-11-33-24/h4-9,12-14,26H,3,10-11,15H2,1-2H3,(H,28,29,30). The van der Waals surface area contributed by atoms with Crippen molar-refractivity contribution < 1.29 is 13.2 Å². The first-order valence-corrected chi connectivity index (χ1v) is 12.9. The quantitative estimate of drug-likeness (QED) is 0.420. The molecule has 5 rings (SSSR count). The number of fused-ring (bicyclic) bond motifs is 2. The van der Waals surface area contributed by atoms with Gasteiger partial charge < -0.3 is 15.4 Å². The number of nitrogens with zero attached hydrogens (tertiary/aromatic N) is 3. The Labute approximate surface area is 198 Å². The molecule has 0 amide bonds. The number of rotatable bonds is 6. The minimum absolute atomic E-state index is 0.0393. The van der Waals surface area contributed by atoms with E-state index in [4.69, 9.17) is 9.72 Å². The zero-order valence-electron chi connectivity index (χ0n) is 19.0. The average Bonchev–Trinajstić information content (AvgIpc) is 2.85. The molecule has 0 radical (unpaired) electrons. The Morgan fingerprint density at radius 3 is 2.71 bits per heavy atom. The molecule has 2 N–H and O–H groups in total. The van der Waals surface area contributed by atoms with E-state index in [1.807, 2.05) is 36.5 Å². The van der Waals surface area contributed by atoms with Gasteiger partial charge in [0.2, 0.25) is 11.8 Å². The molecule has 3 heterocycles. The summed E-state index contributed by atoms with van der Waals surface area (Å²) < 4.78 is 29.3. The summed E-state index contributed by atoms with van der Waals surface area (Å²) in [5.74, 6) is 1.28. The van der Waals surface area contributed by atoms with Crippen molar-refractivity contribution in [2.75, 3.05) is 29.5 Å². The van der Waals surface area contributed by atoms with Crippen LogP contribution in [0.4, 0.5) is 17.3 Å². The molecule has 1 aliphatic heterocycles. The molecule has 1 aliphatic rings. The SMILES string of the molecule is CCS(=O)(=O)Cc1ccc(Nc2ncc3ccc(-c4cnc5c(c4C)NCCO5)cc3n2)cc1. The van der Waals surface area contributed by atoms with Crippen LogP contribution in [0.1, 0.15) is 18.1 Å². The van der Waals surface area contributed by atoms with Gasteiger partial charge in [0.1, 0.15) is 12.3 Å². The van der Waals surface area contributed by atoms with Gasteiger partial charge in [-0.15, -0.1) is 0 Å². The molecule has 174 valence electrons. The molecular formula is C25H25N5O3S. The van der Waals surface area contributed by atoms with Gasteiger partial charge in [-0.3, -0.25) is 0 Å². The molecule has 0 aliphatic carbocycles. The summed E-state index contributed by atoms with van der Waals surface area (Å²) in [5, 5.41) is 7.51. The molecule has 4 aromatic rings. The largest absolute Gasteiger partial charge is 0.474 e. The second-order valence-electron chi connectivity index (χ2n) is 8.22. The number of sulfone groups is 1. The molecular weight excluding hydrogens is 450 g/mol. The maximum absolute atomic E-state index is 11.8. The lowest BCUT2D eigenvalue weighted by Crippen LogP contribution is -2.20. The third-order valence-electron chi connectivity index (χ3n) is 5.88. The molecule has 34 heavy (non-hydrogen) atoms. The zero-order chi connectivity index (χ0) is 23.7. The molecule has 0 unspecified atom stereocenters. The summed E-state index contributed by atoms with van der Waals surface area (Å²) in [7, 11) is -3.06. The number of ether oxygens (including phenoxy) is 1. The monoisotopic (exact) mass is 475 g/mol. The van der Waals surface area contributed by atoms with E-state index in [9.17, 15) is 8.42 Å². The van der Waals surface area contributed by atoms with E-state index in [-0.39, 0.29) is 11.5 Å². The molecule has 0 spiro atoms. The number of aromatic nitrogens is 3. The molecule has 0 atom stereocenters. The van der Waals surface area contributed by atoms with Gasteiger partial charge in [-0.1, -0.05) is 31.2 Å².